The molecule has 0 aliphatic carbocycles. The van der Waals surface area contributed by atoms with Crippen LogP contribution in [0, 0.1) is 0 Å². The molecule has 0 saturated carbocycles. The van der Waals surface area contributed by atoms with Gasteiger partial charge in [-0.2, -0.15) is 0 Å². The average Bonchev–Trinajstić information content (AvgIpc) is 3.50. The summed E-state index contributed by atoms with van der Waals surface area (Å²) in [5.74, 6) is 1.51. The standard InChI is InChI=1S/C24H21N3O3S/c28-12-17-7-4-8-18(9-17)22-11-20-23(31-22)24(26-14-25-20)27-19(21-13-29-15-30-21)10-16-5-2-1-3-6-16/h1-9,11,13-14,19,28H,10,12,15H2,(H,25,26,27). The Labute approximate surface area is 183 Å². The van der Waals surface area contributed by atoms with Crippen molar-refractivity contribution in [3.05, 3.63) is 90.1 Å². The Kier molecular flexibility index (Phi) is 5.52. The van der Waals surface area contributed by atoms with Gasteiger partial charge in [0.25, 0.3) is 0 Å². The van der Waals surface area contributed by atoms with Crippen LogP contribution in [0.15, 0.2) is 79.0 Å². The number of aliphatic hydroxyl groups excluding tert-OH is 1. The number of aromatic nitrogens is 2. The smallest absolute Gasteiger partial charge is 0.229 e. The van der Waals surface area contributed by atoms with E-state index in [4.69, 9.17) is 9.47 Å². The first-order valence-corrected chi connectivity index (χ1v) is 10.8. The van der Waals surface area contributed by atoms with Crippen LogP contribution >= 0.6 is 11.3 Å². The van der Waals surface area contributed by atoms with Crippen molar-refractivity contribution in [3.63, 3.8) is 0 Å². The molecular formula is C24H21N3O3S. The minimum Gasteiger partial charge on any atom is -0.462 e. The van der Waals surface area contributed by atoms with Crippen LogP contribution in [0.1, 0.15) is 11.1 Å². The predicted octanol–water partition coefficient (Wildman–Crippen LogP) is 4.72. The van der Waals surface area contributed by atoms with E-state index in [1.54, 1.807) is 23.9 Å². The van der Waals surface area contributed by atoms with Gasteiger partial charge < -0.3 is 19.9 Å². The van der Waals surface area contributed by atoms with E-state index in [1.807, 2.05) is 42.5 Å². The number of nitrogens with one attached hydrogen (secondary N) is 1. The summed E-state index contributed by atoms with van der Waals surface area (Å²) in [7, 11) is 0. The third-order valence-electron chi connectivity index (χ3n) is 5.14. The normalized spacial score (nSPS) is 14.0. The van der Waals surface area contributed by atoms with Crippen LogP contribution in [-0.2, 0) is 22.5 Å². The Hall–Kier alpha value is -3.42. The highest BCUT2D eigenvalue weighted by molar-refractivity contribution is 7.22. The van der Waals surface area contributed by atoms with Crippen molar-refractivity contribution in [1.29, 1.82) is 0 Å². The summed E-state index contributed by atoms with van der Waals surface area (Å²) in [4.78, 5) is 10.1. The van der Waals surface area contributed by atoms with Crippen molar-refractivity contribution in [2.45, 2.75) is 19.1 Å². The summed E-state index contributed by atoms with van der Waals surface area (Å²) < 4.78 is 12.0. The number of aliphatic hydroxyl groups is 1. The first kappa shape index (κ1) is 19.5. The van der Waals surface area contributed by atoms with E-state index in [0.717, 1.165) is 44.2 Å². The summed E-state index contributed by atoms with van der Waals surface area (Å²) in [6.45, 7) is 0.246. The third kappa shape index (κ3) is 4.23. The van der Waals surface area contributed by atoms with E-state index >= 15 is 0 Å². The minimum absolute atomic E-state index is 0.0176. The molecular weight excluding hydrogens is 410 g/mol. The van der Waals surface area contributed by atoms with Gasteiger partial charge in [0.05, 0.1) is 22.9 Å². The van der Waals surface area contributed by atoms with Crippen molar-refractivity contribution in [2.24, 2.45) is 0 Å². The molecule has 6 nitrogen and oxygen atoms in total. The van der Waals surface area contributed by atoms with E-state index in [9.17, 15) is 5.11 Å². The molecule has 156 valence electrons. The Morgan fingerprint density at radius 3 is 2.71 bits per heavy atom. The zero-order valence-electron chi connectivity index (χ0n) is 16.7. The van der Waals surface area contributed by atoms with Crippen LogP contribution in [-0.4, -0.2) is 27.9 Å². The number of thiophene rings is 1. The Morgan fingerprint density at radius 2 is 1.90 bits per heavy atom. The second kappa shape index (κ2) is 8.75. The fraction of sp³-hybridized carbons (Fsp3) is 0.167. The number of fused-ring (bicyclic) bond motifs is 1. The van der Waals surface area contributed by atoms with E-state index in [-0.39, 0.29) is 19.4 Å². The Bertz CT molecular complexity index is 1220. The fourth-order valence-electron chi connectivity index (χ4n) is 3.59. The molecule has 2 aromatic carbocycles. The lowest BCUT2D eigenvalue weighted by molar-refractivity contribution is 0.0764. The molecule has 4 aromatic rings. The van der Waals surface area contributed by atoms with Crippen LogP contribution in [0.3, 0.4) is 0 Å². The van der Waals surface area contributed by atoms with Gasteiger partial charge in [0.15, 0.2) is 5.76 Å². The summed E-state index contributed by atoms with van der Waals surface area (Å²) in [6.07, 6.45) is 3.98. The quantitative estimate of drug-likeness (QED) is 0.441. The van der Waals surface area contributed by atoms with Crippen LogP contribution in [0.2, 0.25) is 0 Å². The maximum atomic E-state index is 9.46. The molecule has 0 fully saturated rings. The first-order valence-electron chi connectivity index (χ1n) is 10.00. The van der Waals surface area contributed by atoms with Gasteiger partial charge in [0, 0.05) is 4.88 Å². The van der Waals surface area contributed by atoms with Crippen molar-refractivity contribution in [1.82, 2.24) is 9.97 Å². The lowest BCUT2D eigenvalue weighted by Gasteiger charge is -2.19. The Morgan fingerprint density at radius 1 is 1.03 bits per heavy atom. The molecule has 0 amide bonds. The van der Waals surface area contributed by atoms with E-state index in [1.165, 1.54) is 5.56 Å². The molecule has 7 heteroatoms. The van der Waals surface area contributed by atoms with Gasteiger partial charge >= 0.3 is 0 Å². The molecule has 1 unspecified atom stereocenters. The number of hydrogen-bond acceptors (Lipinski definition) is 7. The van der Waals surface area contributed by atoms with Gasteiger partial charge in [-0.25, -0.2) is 9.97 Å². The van der Waals surface area contributed by atoms with Gasteiger partial charge in [-0.1, -0.05) is 48.5 Å². The van der Waals surface area contributed by atoms with E-state index in [2.05, 4.69) is 33.5 Å². The first-order chi connectivity index (χ1) is 15.3. The number of benzene rings is 2. The second-order valence-electron chi connectivity index (χ2n) is 7.24. The lowest BCUT2D eigenvalue weighted by Crippen LogP contribution is -2.25. The molecule has 0 saturated heterocycles. The largest absolute Gasteiger partial charge is 0.462 e. The fourth-order valence-corrected chi connectivity index (χ4v) is 4.65. The molecule has 1 atom stereocenters. The summed E-state index contributed by atoms with van der Waals surface area (Å²) >= 11 is 1.63. The van der Waals surface area contributed by atoms with Crippen molar-refractivity contribution in [3.8, 4) is 10.4 Å². The predicted molar refractivity (Wildman–Crippen MR) is 121 cm³/mol. The molecule has 1 aliphatic heterocycles. The van der Waals surface area contributed by atoms with Gasteiger partial charge in [-0.05, 0) is 35.2 Å². The SMILES string of the molecule is OCc1cccc(-c2cc3ncnc(NC(Cc4ccccc4)C4=COCO4)c3s2)c1. The number of anilines is 1. The molecule has 2 N–H and O–H groups in total. The highest BCUT2D eigenvalue weighted by Crippen LogP contribution is 2.36. The molecule has 31 heavy (non-hydrogen) atoms. The van der Waals surface area contributed by atoms with E-state index < -0.39 is 0 Å². The maximum absolute atomic E-state index is 9.46. The average molecular weight is 432 g/mol. The van der Waals surface area contributed by atoms with Gasteiger partial charge in [-0.3, -0.25) is 0 Å². The molecule has 3 heterocycles. The van der Waals surface area contributed by atoms with Gasteiger partial charge in [-0.15, -0.1) is 11.3 Å². The second-order valence-corrected chi connectivity index (χ2v) is 8.29. The summed E-state index contributed by atoms with van der Waals surface area (Å²) in [6, 6.07) is 20.1. The number of ether oxygens (including phenoxy) is 2. The van der Waals surface area contributed by atoms with Crippen LogP contribution < -0.4 is 5.32 Å². The Balaban J connectivity index is 1.48. The summed E-state index contributed by atoms with van der Waals surface area (Å²) in [5, 5.41) is 13.0. The van der Waals surface area contributed by atoms with Crippen molar-refractivity contribution < 1.29 is 14.6 Å². The van der Waals surface area contributed by atoms with Crippen molar-refractivity contribution >= 4 is 27.4 Å². The molecule has 0 spiro atoms. The van der Waals surface area contributed by atoms with E-state index in [0.29, 0.717) is 0 Å². The lowest BCUT2D eigenvalue weighted by atomic mass is 10.0. The number of nitrogens with zero attached hydrogens (tertiary/aromatic N) is 2. The summed E-state index contributed by atoms with van der Waals surface area (Å²) in [5.41, 5.74) is 4.00. The van der Waals surface area contributed by atoms with Crippen LogP contribution in [0.4, 0.5) is 5.82 Å². The number of rotatable bonds is 7. The molecule has 0 radical (unpaired) electrons. The zero-order chi connectivity index (χ0) is 21.0. The topological polar surface area (TPSA) is 76.5 Å². The number of hydrogen-bond donors (Lipinski definition) is 2. The minimum atomic E-state index is -0.119. The molecule has 1 aliphatic rings. The van der Waals surface area contributed by atoms with Gasteiger partial charge in [0.2, 0.25) is 6.79 Å². The highest BCUT2D eigenvalue weighted by Gasteiger charge is 2.22. The maximum Gasteiger partial charge on any atom is 0.229 e. The van der Waals surface area contributed by atoms with Crippen LogP contribution in [0.25, 0.3) is 20.7 Å². The molecule has 2 aromatic heterocycles. The highest BCUT2D eigenvalue weighted by atomic mass is 32.1. The third-order valence-corrected chi connectivity index (χ3v) is 6.32. The molecule has 0 bridgehead atoms. The van der Waals surface area contributed by atoms with Gasteiger partial charge in [0.1, 0.15) is 18.4 Å². The van der Waals surface area contributed by atoms with Crippen molar-refractivity contribution in [2.75, 3.05) is 12.1 Å². The molecule has 5 rings (SSSR count). The zero-order valence-corrected chi connectivity index (χ0v) is 17.5. The monoisotopic (exact) mass is 431 g/mol. The van der Waals surface area contributed by atoms with Crippen LogP contribution in [0.5, 0.6) is 0 Å².